The van der Waals surface area contributed by atoms with Crippen LogP contribution in [0.1, 0.15) is 29.8 Å². The van der Waals surface area contributed by atoms with Crippen LogP contribution < -0.4 is 18.9 Å². The fraction of sp³-hybridized carbons (Fsp3) is 0.480. The summed E-state index contributed by atoms with van der Waals surface area (Å²) in [5.74, 6) is 1.49. The number of amides is 1. The van der Waals surface area contributed by atoms with E-state index in [-0.39, 0.29) is 42.6 Å². The minimum absolute atomic E-state index is 0.0378. The lowest BCUT2D eigenvalue weighted by Crippen LogP contribution is -2.49. The van der Waals surface area contributed by atoms with Gasteiger partial charge in [0, 0.05) is 31.2 Å². The Hall–Kier alpha value is -3.02. The first-order chi connectivity index (χ1) is 17.0. The average molecular weight is 520 g/mol. The SMILES string of the molecule is C[C@@H]1CN([C@@H](C)CO)C(=O)c2cc(NS(C)(=O)=O)ccc2O[C@H]1CN(C)Cc1ccc2c(c1)OCO2. The summed E-state index contributed by atoms with van der Waals surface area (Å²) in [4.78, 5) is 17.2. The van der Waals surface area contributed by atoms with E-state index in [1.165, 1.54) is 6.07 Å². The number of aliphatic hydroxyl groups is 1. The molecule has 2 heterocycles. The Bertz CT molecular complexity index is 1220. The molecule has 0 saturated carbocycles. The summed E-state index contributed by atoms with van der Waals surface area (Å²) >= 11 is 0. The van der Waals surface area contributed by atoms with Crippen LogP contribution in [0.15, 0.2) is 36.4 Å². The van der Waals surface area contributed by atoms with Gasteiger partial charge in [-0.3, -0.25) is 14.4 Å². The van der Waals surface area contributed by atoms with Gasteiger partial charge in [0.05, 0.1) is 24.5 Å². The highest BCUT2D eigenvalue weighted by atomic mass is 32.2. The number of hydrogen-bond donors (Lipinski definition) is 2. The van der Waals surface area contributed by atoms with E-state index < -0.39 is 16.1 Å². The molecular weight excluding hydrogens is 486 g/mol. The second-order valence-electron chi connectivity index (χ2n) is 9.59. The van der Waals surface area contributed by atoms with Crippen LogP contribution in [0.2, 0.25) is 0 Å². The number of sulfonamides is 1. The second-order valence-corrected chi connectivity index (χ2v) is 11.3. The van der Waals surface area contributed by atoms with Gasteiger partial charge in [-0.25, -0.2) is 8.42 Å². The summed E-state index contributed by atoms with van der Waals surface area (Å²) in [6.45, 7) is 5.46. The molecule has 2 aromatic carbocycles. The number of carbonyl (C=O) groups excluding carboxylic acids is 1. The quantitative estimate of drug-likeness (QED) is 0.545. The number of benzene rings is 2. The summed E-state index contributed by atoms with van der Waals surface area (Å²) in [6.07, 6.45) is 0.786. The van der Waals surface area contributed by atoms with Crippen molar-refractivity contribution in [2.75, 3.05) is 44.5 Å². The minimum atomic E-state index is -3.52. The van der Waals surface area contributed by atoms with Crippen LogP contribution in [-0.2, 0) is 16.6 Å². The molecule has 3 atom stereocenters. The van der Waals surface area contributed by atoms with Gasteiger partial charge < -0.3 is 24.2 Å². The minimum Gasteiger partial charge on any atom is -0.488 e. The molecule has 4 rings (SSSR count). The van der Waals surface area contributed by atoms with Gasteiger partial charge >= 0.3 is 0 Å². The standard InChI is InChI=1S/C25H33N3O7S/c1-16-11-28(17(2)14-29)25(30)20-10-19(26-36(4,31)32)6-8-21(20)35-24(16)13-27(3)12-18-5-7-22-23(9-18)34-15-33-22/h5-10,16-17,24,26,29H,11-15H2,1-4H3/t16-,17+,24+/m1/s1. The predicted octanol–water partition coefficient (Wildman–Crippen LogP) is 2.14. The second kappa shape index (κ2) is 10.5. The average Bonchev–Trinajstić information content (AvgIpc) is 3.28. The van der Waals surface area contributed by atoms with Crippen LogP contribution in [-0.4, -0.2) is 81.2 Å². The molecule has 2 aliphatic rings. The summed E-state index contributed by atoms with van der Waals surface area (Å²) in [6, 6.07) is 10.1. The maximum Gasteiger partial charge on any atom is 0.258 e. The van der Waals surface area contributed by atoms with Gasteiger partial charge in [-0.05, 0) is 49.9 Å². The van der Waals surface area contributed by atoms with Gasteiger partial charge in [0.15, 0.2) is 11.5 Å². The van der Waals surface area contributed by atoms with Crippen LogP contribution in [0.5, 0.6) is 17.2 Å². The smallest absolute Gasteiger partial charge is 0.258 e. The first kappa shape index (κ1) is 26.1. The zero-order chi connectivity index (χ0) is 26.0. The monoisotopic (exact) mass is 519 g/mol. The van der Waals surface area contributed by atoms with E-state index >= 15 is 0 Å². The highest BCUT2D eigenvalue weighted by Crippen LogP contribution is 2.33. The fourth-order valence-corrected chi connectivity index (χ4v) is 5.00. The van der Waals surface area contributed by atoms with E-state index in [4.69, 9.17) is 14.2 Å². The highest BCUT2D eigenvalue weighted by Gasteiger charge is 2.33. The summed E-state index contributed by atoms with van der Waals surface area (Å²) < 4.78 is 43.1. The molecule has 0 saturated heterocycles. The summed E-state index contributed by atoms with van der Waals surface area (Å²) in [5.41, 5.74) is 1.59. The Morgan fingerprint density at radius 3 is 2.61 bits per heavy atom. The molecule has 0 fully saturated rings. The fourth-order valence-electron chi connectivity index (χ4n) is 4.44. The first-order valence-corrected chi connectivity index (χ1v) is 13.7. The number of rotatable bonds is 8. The highest BCUT2D eigenvalue weighted by molar-refractivity contribution is 7.92. The van der Waals surface area contributed by atoms with Gasteiger partial charge in [-0.2, -0.15) is 0 Å². The normalized spacial score (nSPS) is 20.4. The van der Waals surface area contributed by atoms with Gasteiger partial charge in [-0.1, -0.05) is 13.0 Å². The number of likely N-dealkylation sites (N-methyl/N-ethyl adjacent to an activating group) is 1. The Kier molecular flexibility index (Phi) is 7.62. The predicted molar refractivity (Wildman–Crippen MR) is 135 cm³/mol. The van der Waals surface area contributed by atoms with Gasteiger partial charge in [0.1, 0.15) is 11.9 Å². The zero-order valence-electron chi connectivity index (χ0n) is 20.9. The van der Waals surface area contributed by atoms with Crippen molar-refractivity contribution in [3.05, 3.63) is 47.5 Å². The number of nitrogens with one attached hydrogen (secondary N) is 1. The van der Waals surface area contributed by atoms with Gasteiger partial charge in [0.25, 0.3) is 5.91 Å². The van der Waals surface area contributed by atoms with Crippen LogP contribution in [0.25, 0.3) is 0 Å². The van der Waals surface area contributed by atoms with E-state index in [0.717, 1.165) is 23.3 Å². The maximum absolute atomic E-state index is 13.4. The molecule has 10 nitrogen and oxygen atoms in total. The molecule has 0 aromatic heterocycles. The molecular formula is C25H33N3O7S. The Labute approximate surface area is 211 Å². The number of carbonyl (C=O) groups is 1. The van der Waals surface area contributed by atoms with Gasteiger partial charge in [0.2, 0.25) is 16.8 Å². The molecule has 196 valence electrons. The lowest BCUT2D eigenvalue weighted by atomic mass is 9.99. The van der Waals surface area contributed by atoms with Crippen molar-refractivity contribution in [1.82, 2.24) is 9.80 Å². The van der Waals surface area contributed by atoms with Crippen molar-refractivity contribution in [3.8, 4) is 17.2 Å². The topological polar surface area (TPSA) is 118 Å². The van der Waals surface area contributed by atoms with Crippen molar-refractivity contribution in [2.45, 2.75) is 32.5 Å². The molecule has 0 radical (unpaired) electrons. The van der Waals surface area contributed by atoms with Crippen LogP contribution >= 0.6 is 0 Å². The third kappa shape index (κ3) is 6.03. The largest absolute Gasteiger partial charge is 0.488 e. The first-order valence-electron chi connectivity index (χ1n) is 11.8. The number of fused-ring (bicyclic) bond motifs is 2. The van der Waals surface area contributed by atoms with E-state index in [2.05, 4.69) is 9.62 Å². The van der Waals surface area contributed by atoms with E-state index in [1.807, 2.05) is 32.2 Å². The molecule has 2 N–H and O–H groups in total. The Morgan fingerprint density at radius 1 is 1.17 bits per heavy atom. The van der Waals surface area contributed by atoms with E-state index in [9.17, 15) is 18.3 Å². The van der Waals surface area contributed by atoms with Crippen molar-refractivity contribution >= 4 is 21.6 Å². The van der Waals surface area contributed by atoms with Crippen LogP contribution in [0.3, 0.4) is 0 Å². The van der Waals surface area contributed by atoms with Crippen molar-refractivity contribution in [3.63, 3.8) is 0 Å². The third-order valence-electron chi connectivity index (χ3n) is 6.35. The van der Waals surface area contributed by atoms with E-state index in [1.54, 1.807) is 24.0 Å². The van der Waals surface area contributed by atoms with Crippen molar-refractivity contribution < 1.29 is 32.5 Å². The molecule has 1 amide bonds. The maximum atomic E-state index is 13.4. The molecule has 36 heavy (non-hydrogen) atoms. The van der Waals surface area contributed by atoms with Crippen LogP contribution in [0, 0.1) is 5.92 Å². The van der Waals surface area contributed by atoms with Crippen molar-refractivity contribution in [2.24, 2.45) is 5.92 Å². The Balaban J connectivity index is 1.58. The third-order valence-corrected chi connectivity index (χ3v) is 6.96. The molecule has 0 aliphatic carbocycles. The molecule has 11 heteroatoms. The molecule has 2 aromatic rings. The van der Waals surface area contributed by atoms with Crippen LogP contribution in [0.4, 0.5) is 5.69 Å². The summed E-state index contributed by atoms with van der Waals surface area (Å²) in [5, 5.41) is 9.81. The molecule has 0 spiro atoms. The zero-order valence-corrected chi connectivity index (χ0v) is 21.7. The molecule has 0 unspecified atom stereocenters. The lowest BCUT2D eigenvalue weighted by molar-refractivity contribution is 0.0341. The number of nitrogens with zero attached hydrogens (tertiary/aromatic N) is 2. The Morgan fingerprint density at radius 2 is 1.89 bits per heavy atom. The number of aliphatic hydroxyl groups excluding tert-OH is 1. The van der Waals surface area contributed by atoms with E-state index in [0.29, 0.717) is 25.4 Å². The molecule has 0 bridgehead atoms. The molecule has 2 aliphatic heterocycles. The number of ether oxygens (including phenoxy) is 3. The van der Waals surface area contributed by atoms with Crippen molar-refractivity contribution in [1.29, 1.82) is 0 Å². The lowest BCUT2D eigenvalue weighted by Gasteiger charge is -2.38. The van der Waals surface area contributed by atoms with Gasteiger partial charge in [-0.15, -0.1) is 0 Å². The number of anilines is 1. The summed E-state index contributed by atoms with van der Waals surface area (Å²) in [7, 11) is -1.52. The number of hydrogen-bond acceptors (Lipinski definition) is 8.